The summed E-state index contributed by atoms with van der Waals surface area (Å²) in [5.74, 6) is -0.171. The first-order chi connectivity index (χ1) is 8.29. The van der Waals surface area contributed by atoms with Crippen LogP contribution in [0.1, 0.15) is 6.42 Å². The molecule has 0 atom stereocenters. The molecule has 0 aliphatic carbocycles. The van der Waals surface area contributed by atoms with Gasteiger partial charge >= 0.3 is 0 Å². The van der Waals surface area contributed by atoms with Gasteiger partial charge in [0.2, 0.25) is 0 Å². The summed E-state index contributed by atoms with van der Waals surface area (Å²) in [5, 5.41) is 0. The van der Waals surface area contributed by atoms with Crippen LogP contribution in [-0.2, 0) is 0 Å². The van der Waals surface area contributed by atoms with Gasteiger partial charge in [0, 0.05) is 31.9 Å². The lowest BCUT2D eigenvalue weighted by Gasteiger charge is -2.36. The summed E-state index contributed by atoms with van der Waals surface area (Å²) in [7, 11) is 0. The molecule has 0 spiro atoms. The van der Waals surface area contributed by atoms with Crippen LogP contribution in [0.15, 0.2) is 24.3 Å². The molecule has 1 aromatic carbocycles. The molecule has 1 saturated heterocycles. The van der Waals surface area contributed by atoms with Gasteiger partial charge in [0.25, 0.3) is 0 Å². The molecule has 0 saturated carbocycles. The lowest BCUT2D eigenvalue weighted by atomic mass is 10.2. The lowest BCUT2D eigenvalue weighted by Crippen LogP contribution is -2.46. The first-order valence-corrected chi connectivity index (χ1v) is 6.22. The molecule has 1 aliphatic rings. The average molecular weight is 237 g/mol. The quantitative estimate of drug-likeness (QED) is 0.856. The Morgan fingerprint density at radius 1 is 1.06 bits per heavy atom. The molecule has 0 unspecified atom stereocenters. The smallest absolute Gasteiger partial charge is 0.123 e. The fourth-order valence-electron chi connectivity index (χ4n) is 2.20. The molecule has 1 fully saturated rings. The van der Waals surface area contributed by atoms with Crippen LogP contribution in [0.25, 0.3) is 0 Å². The predicted molar refractivity (Wildman–Crippen MR) is 68.7 cm³/mol. The van der Waals surface area contributed by atoms with Crippen LogP contribution in [0.3, 0.4) is 0 Å². The Balaban J connectivity index is 1.84. The van der Waals surface area contributed by atoms with Crippen molar-refractivity contribution in [2.75, 3.05) is 44.2 Å². The van der Waals surface area contributed by atoms with E-state index in [1.54, 1.807) is 0 Å². The second-order valence-corrected chi connectivity index (χ2v) is 4.45. The normalized spacial score (nSPS) is 17.4. The van der Waals surface area contributed by atoms with Crippen molar-refractivity contribution in [2.24, 2.45) is 5.73 Å². The summed E-state index contributed by atoms with van der Waals surface area (Å²) in [6, 6.07) is 6.75. The molecule has 0 amide bonds. The van der Waals surface area contributed by atoms with Crippen molar-refractivity contribution in [1.82, 2.24) is 4.90 Å². The Hall–Kier alpha value is -1.13. The van der Waals surface area contributed by atoms with E-state index in [1.807, 2.05) is 12.1 Å². The van der Waals surface area contributed by atoms with Gasteiger partial charge in [0.1, 0.15) is 5.82 Å². The number of hydrogen-bond donors (Lipinski definition) is 1. The number of halogens is 1. The molecule has 94 valence electrons. The molecule has 4 heteroatoms. The van der Waals surface area contributed by atoms with E-state index in [1.165, 1.54) is 12.1 Å². The number of nitrogens with zero attached hydrogens (tertiary/aromatic N) is 2. The summed E-state index contributed by atoms with van der Waals surface area (Å²) in [6.07, 6.45) is 1.07. The zero-order chi connectivity index (χ0) is 12.1. The van der Waals surface area contributed by atoms with E-state index in [-0.39, 0.29) is 5.82 Å². The van der Waals surface area contributed by atoms with E-state index in [0.29, 0.717) is 0 Å². The number of piperazine rings is 1. The Bertz CT molecular complexity index is 331. The van der Waals surface area contributed by atoms with Gasteiger partial charge in [-0.3, -0.25) is 4.90 Å². The van der Waals surface area contributed by atoms with Crippen molar-refractivity contribution in [3.05, 3.63) is 30.1 Å². The SMILES string of the molecule is NCCCN1CCN(c2ccc(F)cc2)CC1. The second-order valence-electron chi connectivity index (χ2n) is 4.45. The summed E-state index contributed by atoms with van der Waals surface area (Å²) in [5.41, 5.74) is 6.62. The maximum Gasteiger partial charge on any atom is 0.123 e. The predicted octanol–water partition coefficient (Wildman–Crippen LogP) is 1.30. The summed E-state index contributed by atoms with van der Waals surface area (Å²) >= 11 is 0. The molecule has 1 aromatic rings. The Morgan fingerprint density at radius 3 is 2.29 bits per heavy atom. The summed E-state index contributed by atoms with van der Waals surface area (Å²) < 4.78 is 12.8. The zero-order valence-electron chi connectivity index (χ0n) is 10.1. The number of hydrogen-bond acceptors (Lipinski definition) is 3. The van der Waals surface area contributed by atoms with Crippen LogP contribution in [-0.4, -0.2) is 44.2 Å². The number of benzene rings is 1. The number of rotatable bonds is 4. The van der Waals surface area contributed by atoms with Gasteiger partial charge in [-0.05, 0) is 43.8 Å². The van der Waals surface area contributed by atoms with Crippen LogP contribution in [0.5, 0.6) is 0 Å². The van der Waals surface area contributed by atoms with Crippen molar-refractivity contribution < 1.29 is 4.39 Å². The van der Waals surface area contributed by atoms with Crippen LogP contribution in [0.2, 0.25) is 0 Å². The second kappa shape index (κ2) is 5.98. The molecule has 3 nitrogen and oxygen atoms in total. The van der Waals surface area contributed by atoms with E-state index in [2.05, 4.69) is 9.80 Å². The topological polar surface area (TPSA) is 32.5 Å². The van der Waals surface area contributed by atoms with Crippen LogP contribution < -0.4 is 10.6 Å². The van der Waals surface area contributed by atoms with Gasteiger partial charge in [0.05, 0.1) is 0 Å². The molecule has 0 radical (unpaired) electrons. The van der Waals surface area contributed by atoms with Crippen LogP contribution in [0.4, 0.5) is 10.1 Å². The van der Waals surface area contributed by atoms with E-state index in [4.69, 9.17) is 5.73 Å². The first-order valence-electron chi connectivity index (χ1n) is 6.22. The Kier molecular flexibility index (Phi) is 4.34. The van der Waals surface area contributed by atoms with Gasteiger partial charge < -0.3 is 10.6 Å². The minimum atomic E-state index is -0.171. The number of anilines is 1. The first kappa shape index (κ1) is 12.3. The van der Waals surface area contributed by atoms with E-state index in [9.17, 15) is 4.39 Å². The van der Waals surface area contributed by atoms with Crippen molar-refractivity contribution in [1.29, 1.82) is 0 Å². The molecule has 17 heavy (non-hydrogen) atoms. The molecular formula is C13H20FN3. The highest BCUT2D eigenvalue weighted by Crippen LogP contribution is 2.16. The Morgan fingerprint density at radius 2 is 1.71 bits per heavy atom. The van der Waals surface area contributed by atoms with E-state index in [0.717, 1.165) is 51.4 Å². The lowest BCUT2D eigenvalue weighted by molar-refractivity contribution is 0.256. The fourth-order valence-corrected chi connectivity index (χ4v) is 2.20. The van der Waals surface area contributed by atoms with Crippen molar-refractivity contribution in [3.63, 3.8) is 0 Å². The molecule has 1 aliphatic heterocycles. The van der Waals surface area contributed by atoms with Crippen molar-refractivity contribution in [2.45, 2.75) is 6.42 Å². The summed E-state index contributed by atoms with van der Waals surface area (Å²) in [4.78, 5) is 4.74. The van der Waals surface area contributed by atoms with E-state index < -0.39 is 0 Å². The monoisotopic (exact) mass is 237 g/mol. The fraction of sp³-hybridized carbons (Fsp3) is 0.538. The van der Waals surface area contributed by atoms with E-state index >= 15 is 0 Å². The van der Waals surface area contributed by atoms with Gasteiger partial charge in [0.15, 0.2) is 0 Å². The van der Waals surface area contributed by atoms with Gasteiger partial charge in [-0.25, -0.2) is 4.39 Å². The third-order valence-electron chi connectivity index (χ3n) is 3.24. The minimum absolute atomic E-state index is 0.171. The highest BCUT2D eigenvalue weighted by molar-refractivity contribution is 5.46. The third kappa shape index (κ3) is 3.41. The average Bonchev–Trinajstić information content (AvgIpc) is 2.38. The molecule has 1 heterocycles. The zero-order valence-corrected chi connectivity index (χ0v) is 10.1. The maximum absolute atomic E-state index is 12.8. The van der Waals surface area contributed by atoms with Gasteiger partial charge in [-0.1, -0.05) is 0 Å². The number of nitrogens with two attached hydrogens (primary N) is 1. The highest BCUT2D eigenvalue weighted by atomic mass is 19.1. The summed E-state index contributed by atoms with van der Waals surface area (Å²) in [6.45, 7) is 6.01. The van der Waals surface area contributed by atoms with Crippen LogP contribution >= 0.6 is 0 Å². The standard InChI is InChI=1S/C13H20FN3/c14-12-2-4-13(5-3-12)17-10-8-16(9-11-17)7-1-6-15/h2-5H,1,6-11,15H2. The van der Waals surface area contributed by atoms with Crippen LogP contribution in [0, 0.1) is 5.82 Å². The molecule has 0 aromatic heterocycles. The maximum atomic E-state index is 12.8. The van der Waals surface area contributed by atoms with Crippen molar-refractivity contribution in [3.8, 4) is 0 Å². The molecule has 0 bridgehead atoms. The molecular weight excluding hydrogens is 217 g/mol. The highest BCUT2D eigenvalue weighted by Gasteiger charge is 2.16. The Labute approximate surface area is 102 Å². The largest absolute Gasteiger partial charge is 0.369 e. The van der Waals surface area contributed by atoms with Crippen molar-refractivity contribution >= 4 is 5.69 Å². The molecule has 2 rings (SSSR count). The molecule has 2 N–H and O–H groups in total. The minimum Gasteiger partial charge on any atom is -0.369 e. The third-order valence-corrected chi connectivity index (χ3v) is 3.24. The van der Waals surface area contributed by atoms with Gasteiger partial charge in [-0.2, -0.15) is 0 Å². The van der Waals surface area contributed by atoms with Gasteiger partial charge in [-0.15, -0.1) is 0 Å².